The third-order valence-electron chi connectivity index (χ3n) is 3.86. The molecule has 0 bridgehead atoms. The van der Waals surface area contributed by atoms with Gasteiger partial charge in [0.2, 0.25) is 0 Å². The average molecular weight is 310 g/mol. The number of H-pyrrole nitrogens is 1. The Morgan fingerprint density at radius 2 is 2.00 bits per heavy atom. The zero-order chi connectivity index (χ0) is 16.4. The fraction of sp³-hybridized carbons (Fsp3) is 0.278. The summed E-state index contributed by atoms with van der Waals surface area (Å²) in [5.41, 5.74) is 4.95. The molecule has 120 valence electrons. The second-order valence-electron chi connectivity index (χ2n) is 6.15. The third kappa shape index (κ3) is 3.46. The van der Waals surface area contributed by atoms with Gasteiger partial charge in [0, 0.05) is 26.3 Å². The molecule has 2 aromatic heterocycles. The molecule has 0 aliphatic carbocycles. The Hall–Kier alpha value is -2.53. The number of hydrogen-bond acceptors (Lipinski definition) is 2. The lowest BCUT2D eigenvalue weighted by Crippen LogP contribution is -2.23. The van der Waals surface area contributed by atoms with Crippen molar-refractivity contribution in [2.24, 2.45) is 7.05 Å². The predicted molar refractivity (Wildman–Crippen MR) is 92.3 cm³/mol. The molecule has 0 aliphatic rings. The van der Waals surface area contributed by atoms with Crippen LogP contribution in [-0.2, 0) is 20.1 Å². The number of nitrogens with one attached hydrogen (secondary N) is 2. The number of benzene rings is 1. The van der Waals surface area contributed by atoms with Gasteiger partial charge in [-0.2, -0.15) is 0 Å². The normalized spacial score (nSPS) is 11.3. The van der Waals surface area contributed by atoms with Crippen molar-refractivity contribution in [3.63, 3.8) is 0 Å². The smallest absolute Gasteiger partial charge is 0.268 e. The van der Waals surface area contributed by atoms with Gasteiger partial charge in [0.15, 0.2) is 0 Å². The standard InChI is InChI=1S/C18H22N4O/c1-21(2)12-14-6-4-5-13(9-14)11-19-18(23)16-10-17-15(20-16)7-8-22(17)3/h4-10,20H,11-12H2,1-3H3,(H,19,23). The first-order valence-corrected chi connectivity index (χ1v) is 7.68. The maximum absolute atomic E-state index is 12.3. The minimum Gasteiger partial charge on any atom is -0.349 e. The summed E-state index contributed by atoms with van der Waals surface area (Å²) in [6.45, 7) is 1.42. The van der Waals surface area contributed by atoms with Gasteiger partial charge >= 0.3 is 0 Å². The molecular formula is C18H22N4O. The van der Waals surface area contributed by atoms with E-state index in [4.69, 9.17) is 0 Å². The van der Waals surface area contributed by atoms with Crippen LogP contribution in [-0.4, -0.2) is 34.5 Å². The highest BCUT2D eigenvalue weighted by Crippen LogP contribution is 2.15. The van der Waals surface area contributed by atoms with Gasteiger partial charge < -0.3 is 19.8 Å². The van der Waals surface area contributed by atoms with Crippen molar-refractivity contribution < 1.29 is 4.79 Å². The van der Waals surface area contributed by atoms with Gasteiger partial charge in [-0.1, -0.05) is 24.3 Å². The van der Waals surface area contributed by atoms with E-state index in [2.05, 4.69) is 27.3 Å². The molecule has 0 saturated carbocycles. The van der Waals surface area contributed by atoms with Crippen LogP contribution in [0.1, 0.15) is 21.6 Å². The van der Waals surface area contributed by atoms with Crippen molar-refractivity contribution in [1.82, 2.24) is 19.8 Å². The van der Waals surface area contributed by atoms with Crippen molar-refractivity contribution in [2.75, 3.05) is 14.1 Å². The number of hydrogen-bond donors (Lipinski definition) is 2. The van der Waals surface area contributed by atoms with Crippen LogP contribution in [0.4, 0.5) is 0 Å². The van der Waals surface area contributed by atoms with E-state index >= 15 is 0 Å². The first kappa shape index (κ1) is 15.4. The van der Waals surface area contributed by atoms with E-state index < -0.39 is 0 Å². The summed E-state index contributed by atoms with van der Waals surface area (Å²) >= 11 is 0. The summed E-state index contributed by atoms with van der Waals surface area (Å²) in [6, 6.07) is 12.1. The number of aryl methyl sites for hydroxylation is 1. The average Bonchev–Trinajstić information content (AvgIpc) is 3.07. The highest BCUT2D eigenvalue weighted by atomic mass is 16.1. The first-order valence-electron chi connectivity index (χ1n) is 7.68. The lowest BCUT2D eigenvalue weighted by Gasteiger charge is -2.11. The monoisotopic (exact) mass is 310 g/mol. The largest absolute Gasteiger partial charge is 0.349 e. The molecule has 0 atom stereocenters. The minimum absolute atomic E-state index is 0.0841. The molecule has 0 radical (unpaired) electrons. The van der Waals surface area contributed by atoms with Crippen LogP contribution in [0, 0.1) is 0 Å². The number of nitrogens with zero attached hydrogens (tertiary/aromatic N) is 2. The van der Waals surface area contributed by atoms with Crippen molar-refractivity contribution in [2.45, 2.75) is 13.1 Å². The number of rotatable bonds is 5. The Kier molecular flexibility index (Phi) is 4.21. The van der Waals surface area contributed by atoms with Crippen LogP contribution in [0.5, 0.6) is 0 Å². The number of carbonyl (C=O) groups excluding carboxylic acids is 1. The molecule has 2 heterocycles. The molecule has 5 heteroatoms. The highest BCUT2D eigenvalue weighted by Gasteiger charge is 2.11. The SMILES string of the molecule is CN(C)Cc1cccc(CNC(=O)c2cc3c(ccn3C)[nH]2)c1. The summed E-state index contributed by atoms with van der Waals surface area (Å²) in [6.07, 6.45) is 1.97. The molecule has 3 aromatic rings. The summed E-state index contributed by atoms with van der Waals surface area (Å²) in [5, 5.41) is 2.97. The van der Waals surface area contributed by atoms with Crippen LogP contribution in [0.25, 0.3) is 11.0 Å². The highest BCUT2D eigenvalue weighted by molar-refractivity contribution is 5.97. The number of amides is 1. The molecule has 1 aromatic carbocycles. The van der Waals surface area contributed by atoms with Crippen LogP contribution >= 0.6 is 0 Å². The maximum atomic E-state index is 12.3. The number of aromatic amines is 1. The van der Waals surface area contributed by atoms with Gasteiger partial charge in [0.05, 0.1) is 11.0 Å². The molecule has 0 saturated heterocycles. The van der Waals surface area contributed by atoms with Crippen LogP contribution in [0.3, 0.4) is 0 Å². The van der Waals surface area contributed by atoms with E-state index in [9.17, 15) is 4.79 Å². The van der Waals surface area contributed by atoms with Crippen molar-refractivity contribution in [1.29, 1.82) is 0 Å². The van der Waals surface area contributed by atoms with Crippen molar-refractivity contribution in [3.05, 3.63) is 59.4 Å². The minimum atomic E-state index is -0.0841. The third-order valence-corrected chi connectivity index (χ3v) is 3.86. The summed E-state index contributed by atoms with van der Waals surface area (Å²) in [4.78, 5) is 17.6. The summed E-state index contributed by atoms with van der Waals surface area (Å²) in [7, 11) is 6.06. The second kappa shape index (κ2) is 6.30. The Balaban J connectivity index is 1.66. The molecule has 2 N–H and O–H groups in total. The van der Waals surface area contributed by atoms with Crippen LogP contribution in [0.2, 0.25) is 0 Å². The molecular weight excluding hydrogens is 288 g/mol. The molecule has 23 heavy (non-hydrogen) atoms. The van der Waals surface area contributed by atoms with Gasteiger partial charge in [0.1, 0.15) is 5.69 Å². The van der Waals surface area contributed by atoms with Crippen LogP contribution in [0.15, 0.2) is 42.6 Å². The summed E-state index contributed by atoms with van der Waals surface area (Å²) in [5.74, 6) is -0.0841. The number of fused-ring (bicyclic) bond motifs is 1. The zero-order valence-electron chi connectivity index (χ0n) is 13.8. The lowest BCUT2D eigenvalue weighted by atomic mass is 10.1. The quantitative estimate of drug-likeness (QED) is 0.761. The molecule has 3 rings (SSSR count). The fourth-order valence-electron chi connectivity index (χ4n) is 2.75. The fourth-order valence-corrected chi connectivity index (χ4v) is 2.75. The first-order chi connectivity index (χ1) is 11.0. The lowest BCUT2D eigenvalue weighted by molar-refractivity contribution is 0.0946. The van der Waals surface area contributed by atoms with Gasteiger partial charge in [0.25, 0.3) is 5.91 Å². The van der Waals surface area contributed by atoms with Crippen LogP contribution < -0.4 is 5.32 Å². The Morgan fingerprint density at radius 1 is 1.22 bits per heavy atom. The van der Waals surface area contributed by atoms with E-state index in [0.29, 0.717) is 12.2 Å². The van der Waals surface area contributed by atoms with E-state index in [1.54, 1.807) is 0 Å². The molecule has 1 amide bonds. The number of carbonyl (C=O) groups is 1. The van der Waals surface area contributed by atoms with E-state index in [-0.39, 0.29) is 5.91 Å². The second-order valence-corrected chi connectivity index (χ2v) is 6.15. The Bertz CT molecular complexity index is 829. The topological polar surface area (TPSA) is 53.1 Å². The predicted octanol–water partition coefficient (Wildman–Crippen LogP) is 2.50. The Morgan fingerprint density at radius 3 is 2.74 bits per heavy atom. The van der Waals surface area contributed by atoms with E-state index in [1.165, 1.54) is 5.56 Å². The molecule has 0 aliphatic heterocycles. The zero-order valence-corrected chi connectivity index (χ0v) is 13.8. The molecule has 0 unspecified atom stereocenters. The van der Waals surface area contributed by atoms with E-state index in [0.717, 1.165) is 23.1 Å². The van der Waals surface area contributed by atoms with Gasteiger partial charge in [-0.15, -0.1) is 0 Å². The number of aromatic nitrogens is 2. The Labute approximate surface area is 135 Å². The van der Waals surface area contributed by atoms with Crippen molar-refractivity contribution in [3.8, 4) is 0 Å². The van der Waals surface area contributed by atoms with Gasteiger partial charge in [-0.25, -0.2) is 0 Å². The van der Waals surface area contributed by atoms with Crippen molar-refractivity contribution >= 4 is 16.9 Å². The summed E-state index contributed by atoms with van der Waals surface area (Å²) < 4.78 is 1.99. The molecule has 5 nitrogen and oxygen atoms in total. The van der Waals surface area contributed by atoms with Gasteiger partial charge in [-0.05, 0) is 37.4 Å². The van der Waals surface area contributed by atoms with Gasteiger partial charge in [-0.3, -0.25) is 4.79 Å². The maximum Gasteiger partial charge on any atom is 0.268 e. The van der Waals surface area contributed by atoms with E-state index in [1.807, 2.05) is 56.2 Å². The molecule has 0 fully saturated rings. The molecule has 0 spiro atoms.